The number of carbonyl (C=O) groups excluding carboxylic acids is 2. The Morgan fingerprint density at radius 3 is 2.18 bits per heavy atom. The van der Waals surface area contributed by atoms with Crippen LogP contribution in [0, 0.1) is 0 Å². The minimum absolute atomic E-state index is 0.0142. The molecule has 0 saturated carbocycles. The molecule has 0 unspecified atom stereocenters. The zero-order valence-electron chi connectivity index (χ0n) is 13.4. The third-order valence-electron chi connectivity index (χ3n) is 3.07. The van der Waals surface area contributed by atoms with E-state index in [9.17, 15) is 9.59 Å². The molecule has 6 nitrogen and oxygen atoms in total. The van der Waals surface area contributed by atoms with Crippen molar-refractivity contribution < 1.29 is 19.1 Å². The predicted octanol–water partition coefficient (Wildman–Crippen LogP) is 1.28. The number of hydrogen-bond donors (Lipinski definition) is 2. The maximum atomic E-state index is 11.7. The molecule has 6 heteroatoms. The van der Waals surface area contributed by atoms with Crippen LogP contribution in [0.4, 0.5) is 0 Å². The van der Waals surface area contributed by atoms with Crippen LogP contribution >= 0.6 is 0 Å². The van der Waals surface area contributed by atoms with Crippen molar-refractivity contribution in [2.24, 2.45) is 0 Å². The second-order valence-corrected chi connectivity index (χ2v) is 4.85. The third kappa shape index (κ3) is 6.47. The lowest BCUT2D eigenvalue weighted by Crippen LogP contribution is -2.37. The van der Waals surface area contributed by atoms with Gasteiger partial charge in [-0.05, 0) is 30.5 Å². The Morgan fingerprint density at radius 1 is 1.00 bits per heavy atom. The molecule has 0 radical (unpaired) electrons. The maximum absolute atomic E-state index is 11.7. The Labute approximate surface area is 131 Å². The molecule has 0 spiro atoms. The molecule has 0 bridgehead atoms. The molecule has 0 heterocycles. The summed E-state index contributed by atoms with van der Waals surface area (Å²) in [6.07, 6.45) is 1.73. The maximum Gasteiger partial charge on any atom is 0.239 e. The normalized spacial score (nSPS) is 9.95. The molecule has 0 aliphatic heterocycles. The third-order valence-corrected chi connectivity index (χ3v) is 3.07. The highest BCUT2D eigenvalue weighted by Gasteiger charge is 2.07. The first-order chi connectivity index (χ1) is 10.6. The van der Waals surface area contributed by atoms with Gasteiger partial charge in [-0.25, -0.2) is 0 Å². The van der Waals surface area contributed by atoms with Crippen molar-refractivity contribution in [2.45, 2.75) is 26.2 Å². The SMILES string of the molecule is CCCNC(=O)CNC(=O)CCc1cc(OC)cc(OC)c1. The number of ether oxygens (including phenoxy) is 2. The highest BCUT2D eigenvalue weighted by molar-refractivity contribution is 5.84. The number of methoxy groups -OCH3 is 2. The molecule has 1 rings (SSSR count). The average molecular weight is 308 g/mol. The topological polar surface area (TPSA) is 76.7 Å². The Bertz CT molecular complexity index is 481. The van der Waals surface area contributed by atoms with Crippen LogP contribution in [-0.2, 0) is 16.0 Å². The van der Waals surface area contributed by atoms with Crippen molar-refractivity contribution in [3.63, 3.8) is 0 Å². The van der Waals surface area contributed by atoms with Gasteiger partial charge in [0.05, 0.1) is 20.8 Å². The standard InChI is InChI=1S/C16H24N2O4/c1-4-7-17-16(20)11-18-15(19)6-5-12-8-13(21-2)10-14(9-12)22-3/h8-10H,4-7,11H2,1-3H3,(H,17,20)(H,18,19). The van der Waals surface area contributed by atoms with Crippen molar-refractivity contribution in [1.29, 1.82) is 0 Å². The Morgan fingerprint density at radius 2 is 1.64 bits per heavy atom. The van der Waals surface area contributed by atoms with Crippen molar-refractivity contribution in [3.8, 4) is 11.5 Å². The van der Waals surface area contributed by atoms with Crippen LogP contribution in [0.15, 0.2) is 18.2 Å². The minimum atomic E-state index is -0.168. The smallest absolute Gasteiger partial charge is 0.239 e. The first kappa shape index (κ1) is 17.8. The van der Waals surface area contributed by atoms with Crippen LogP contribution in [-0.4, -0.2) is 39.1 Å². The molecule has 22 heavy (non-hydrogen) atoms. The van der Waals surface area contributed by atoms with Gasteiger partial charge in [0, 0.05) is 19.0 Å². The van der Waals surface area contributed by atoms with E-state index in [1.165, 1.54) is 0 Å². The van der Waals surface area contributed by atoms with Crippen molar-refractivity contribution in [2.75, 3.05) is 27.3 Å². The molecule has 1 aromatic carbocycles. The zero-order valence-corrected chi connectivity index (χ0v) is 13.4. The summed E-state index contributed by atoms with van der Waals surface area (Å²) in [5.74, 6) is 1.05. The zero-order chi connectivity index (χ0) is 16.4. The van der Waals surface area contributed by atoms with Crippen molar-refractivity contribution in [3.05, 3.63) is 23.8 Å². The molecule has 0 aromatic heterocycles. The number of aryl methyl sites for hydroxylation is 1. The molecule has 0 saturated heterocycles. The van der Waals surface area contributed by atoms with Crippen molar-refractivity contribution in [1.82, 2.24) is 10.6 Å². The van der Waals surface area contributed by atoms with Gasteiger partial charge in [0.1, 0.15) is 11.5 Å². The molecular formula is C16H24N2O4. The molecule has 122 valence electrons. The molecule has 0 aliphatic rings. The first-order valence-electron chi connectivity index (χ1n) is 7.34. The van der Waals surface area contributed by atoms with E-state index in [-0.39, 0.29) is 18.4 Å². The summed E-state index contributed by atoms with van der Waals surface area (Å²) in [5, 5.41) is 5.31. The monoisotopic (exact) mass is 308 g/mol. The van der Waals surface area contributed by atoms with Gasteiger partial charge in [-0.3, -0.25) is 9.59 Å². The van der Waals surface area contributed by atoms with Crippen LogP contribution in [0.1, 0.15) is 25.3 Å². The Balaban J connectivity index is 2.42. The molecule has 2 N–H and O–H groups in total. The number of rotatable bonds is 9. The van der Waals surface area contributed by atoms with E-state index in [4.69, 9.17) is 9.47 Å². The van der Waals surface area contributed by atoms with Gasteiger partial charge in [-0.15, -0.1) is 0 Å². The van der Waals surface area contributed by atoms with Crippen LogP contribution in [0.2, 0.25) is 0 Å². The van der Waals surface area contributed by atoms with Crippen LogP contribution in [0.5, 0.6) is 11.5 Å². The average Bonchev–Trinajstić information content (AvgIpc) is 2.55. The molecule has 0 aliphatic carbocycles. The largest absolute Gasteiger partial charge is 0.497 e. The number of hydrogen-bond acceptors (Lipinski definition) is 4. The van der Waals surface area contributed by atoms with Gasteiger partial charge in [0.15, 0.2) is 0 Å². The Hall–Kier alpha value is -2.24. The van der Waals surface area contributed by atoms with Crippen LogP contribution in [0.3, 0.4) is 0 Å². The highest BCUT2D eigenvalue weighted by atomic mass is 16.5. The highest BCUT2D eigenvalue weighted by Crippen LogP contribution is 2.23. The van der Waals surface area contributed by atoms with Crippen LogP contribution in [0.25, 0.3) is 0 Å². The lowest BCUT2D eigenvalue weighted by molar-refractivity contribution is -0.126. The molecule has 2 amide bonds. The predicted molar refractivity (Wildman–Crippen MR) is 84.2 cm³/mol. The van der Waals surface area contributed by atoms with E-state index >= 15 is 0 Å². The number of amides is 2. The van der Waals surface area contributed by atoms with E-state index in [0.29, 0.717) is 30.9 Å². The van der Waals surface area contributed by atoms with Gasteiger partial charge in [-0.1, -0.05) is 6.92 Å². The second kappa shape index (κ2) is 9.65. The molecule has 1 aromatic rings. The van der Waals surface area contributed by atoms with Gasteiger partial charge in [0.2, 0.25) is 11.8 Å². The lowest BCUT2D eigenvalue weighted by Gasteiger charge is -2.09. The van der Waals surface area contributed by atoms with Crippen LogP contribution < -0.4 is 20.1 Å². The molecular weight excluding hydrogens is 284 g/mol. The number of carbonyl (C=O) groups is 2. The van der Waals surface area contributed by atoms with Gasteiger partial charge < -0.3 is 20.1 Å². The summed E-state index contributed by atoms with van der Waals surface area (Å²) < 4.78 is 10.4. The van der Waals surface area contributed by atoms with E-state index in [1.54, 1.807) is 20.3 Å². The quantitative estimate of drug-likeness (QED) is 0.720. The fourth-order valence-corrected chi connectivity index (χ4v) is 1.86. The fourth-order valence-electron chi connectivity index (χ4n) is 1.86. The minimum Gasteiger partial charge on any atom is -0.497 e. The lowest BCUT2D eigenvalue weighted by atomic mass is 10.1. The first-order valence-corrected chi connectivity index (χ1v) is 7.34. The summed E-state index contributed by atoms with van der Waals surface area (Å²) in [6.45, 7) is 2.61. The molecule has 0 atom stereocenters. The number of benzene rings is 1. The second-order valence-electron chi connectivity index (χ2n) is 4.85. The fraction of sp³-hybridized carbons (Fsp3) is 0.500. The van der Waals surface area contributed by atoms with E-state index in [2.05, 4.69) is 10.6 Å². The summed E-state index contributed by atoms with van der Waals surface area (Å²) >= 11 is 0. The van der Waals surface area contributed by atoms with E-state index in [0.717, 1.165) is 12.0 Å². The Kier molecular flexibility index (Phi) is 7.81. The molecule has 0 fully saturated rings. The van der Waals surface area contributed by atoms with Gasteiger partial charge >= 0.3 is 0 Å². The van der Waals surface area contributed by atoms with Gasteiger partial charge in [0.25, 0.3) is 0 Å². The summed E-state index contributed by atoms with van der Waals surface area (Å²) in [6, 6.07) is 5.51. The van der Waals surface area contributed by atoms with Crippen molar-refractivity contribution >= 4 is 11.8 Å². The number of nitrogens with one attached hydrogen (secondary N) is 2. The summed E-state index contributed by atoms with van der Waals surface area (Å²) in [7, 11) is 3.17. The van der Waals surface area contributed by atoms with Gasteiger partial charge in [-0.2, -0.15) is 0 Å². The van der Waals surface area contributed by atoms with E-state index < -0.39 is 0 Å². The van der Waals surface area contributed by atoms with E-state index in [1.807, 2.05) is 19.1 Å². The summed E-state index contributed by atoms with van der Waals surface area (Å²) in [5.41, 5.74) is 0.946. The summed E-state index contributed by atoms with van der Waals surface area (Å²) in [4.78, 5) is 23.1.